The van der Waals surface area contributed by atoms with Crippen molar-refractivity contribution in [1.29, 1.82) is 0 Å². The zero-order chi connectivity index (χ0) is 21.6. The number of ether oxygens (including phenoxy) is 1. The molecule has 2 heterocycles. The van der Waals surface area contributed by atoms with Gasteiger partial charge >= 0.3 is 0 Å². The van der Waals surface area contributed by atoms with E-state index in [9.17, 15) is 4.79 Å². The minimum absolute atomic E-state index is 0.0654. The van der Waals surface area contributed by atoms with E-state index in [0.29, 0.717) is 6.04 Å². The lowest BCUT2D eigenvalue weighted by molar-refractivity contribution is -0.129. The summed E-state index contributed by atoms with van der Waals surface area (Å²) in [5.41, 5.74) is 1.79. The molecule has 1 N–H and O–H groups in total. The largest absolute Gasteiger partial charge is 0.497 e. The molecule has 162 valence electrons. The molecule has 30 heavy (non-hydrogen) atoms. The zero-order valence-electron chi connectivity index (χ0n) is 18.7. The number of amides is 1. The first kappa shape index (κ1) is 22.3. The number of hydrogen-bond donors (Lipinski definition) is 1. The van der Waals surface area contributed by atoms with Gasteiger partial charge in [0.25, 0.3) is 0 Å². The molecule has 0 radical (unpaired) electrons. The summed E-state index contributed by atoms with van der Waals surface area (Å²) in [6, 6.07) is 14.6. The molecular formula is C25H35N3O2. The first-order valence-electron chi connectivity index (χ1n) is 11.0. The number of nitrogens with one attached hydrogen (secondary N) is 1. The number of carbonyl (C=O) groups excluding carboxylic acids is 1. The van der Waals surface area contributed by atoms with Crippen LogP contribution < -0.4 is 10.1 Å². The maximum atomic E-state index is 12.8. The molecule has 2 atom stereocenters. The van der Waals surface area contributed by atoms with Gasteiger partial charge < -0.3 is 10.1 Å². The van der Waals surface area contributed by atoms with Crippen LogP contribution >= 0.6 is 0 Å². The Morgan fingerprint density at radius 3 is 2.60 bits per heavy atom. The molecule has 0 unspecified atom stereocenters. The number of piperidine rings is 1. The van der Waals surface area contributed by atoms with Crippen molar-refractivity contribution in [2.45, 2.75) is 65.1 Å². The smallest absolute Gasteiger partial charge is 0.225 e. The Balaban J connectivity index is 1.75. The highest BCUT2D eigenvalue weighted by Gasteiger charge is 2.30. The van der Waals surface area contributed by atoms with E-state index in [1.165, 1.54) is 18.4 Å². The number of hydrogen-bond acceptors (Lipinski definition) is 4. The molecule has 3 rings (SSSR count). The lowest BCUT2D eigenvalue weighted by Crippen LogP contribution is -2.44. The summed E-state index contributed by atoms with van der Waals surface area (Å²) in [5, 5.41) is 3.28. The topological polar surface area (TPSA) is 54.5 Å². The van der Waals surface area contributed by atoms with Crippen LogP contribution in [-0.2, 0) is 11.3 Å². The third kappa shape index (κ3) is 6.05. The van der Waals surface area contributed by atoms with Crippen LogP contribution in [0, 0.1) is 5.41 Å². The van der Waals surface area contributed by atoms with E-state index in [-0.39, 0.29) is 11.9 Å². The van der Waals surface area contributed by atoms with Crippen molar-refractivity contribution in [3.63, 3.8) is 0 Å². The molecule has 1 aromatic heterocycles. The van der Waals surface area contributed by atoms with Crippen molar-refractivity contribution in [2.24, 2.45) is 5.41 Å². The maximum Gasteiger partial charge on any atom is 0.225 e. The van der Waals surface area contributed by atoms with Gasteiger partial charge in [0.05, 0.1) is 18.8 Å². The monoisotopic (exact) mass is 409 g/mol. The van der Waals surface area contributed by atoms with Crippen LogP contribution in [-0.4, -0.2) is 35.5 Å². The highest BCUT2D eigenvalue weighted by Crippen LogP contribution is 2.29. The molecule has 1 amide bonds. The lowest BCUT2D eigenvalue weighted by Gasteiger charge is -2.38. The summed E-state index contributed by atoms with van der Waals surface area (Å²) in [6.45, 7) is 7.85. The molecule has 1 aromatic carbocycles. The molecule has 5 heteroatoms. The van der Waals surface area contributed by atoms with Gasteiger partial charge in [0.1, 0.15) is 5.75 Å². The molecule has 2 aromatic rings. The molecule has 1 saturated heterocycles. The van der Waals surface area contributed by atoms with E-state index in [4.69, 9.17) is 4.74 Å². The highest BCUT2D eigenvalue weighted by atomic mass is 16.5. The van der Waals surface area contributed by atoms with Crippen molar-refractivity contribution >= 4 is 5.91 Å². The van der Waals surface area contributed by atoms with Gasteiger partial charge in [-0.1, -0.05) is 45.4 Å². The second-order valence-electron chi connectivity index (χ2n) is 9.23. The van der Waals surface area contributed by atoms with Crippen molar-refractivity contribution in [1.82, 2.24) is 15.2 Å². The van der Waals surface area contributed by atoms with Crippen LogP contribution in [0.15, 0.2) is 48.7 Å². The van der Waals surface area contributed by atoms with Crippen molar-refractivity contribution in [3.05, 3.63) is 59.9 Å². The van der Waals surface area contributed by atoms with Gasteiger partial charge in [-0.15, -0.1) is 0 Å². The first-order chi connectivity index (χ1) is 14.4. The molecule has 5 nitrogen and oxygen atoms in total. The standard InChI is InChI=1S/C25H35N3O2/c1-25(2,3)24(29)27-23(22-10-5-7-15-26-22)17-20-9-6-8-16-28(20)18-19-11-13-21(30-4)14-12-19/h5,7,10-15,20,23H,6,8-9,16-18H2,1-4H3,(H,27,29)/t20-,23+/m0/s1. The average Bonchev–Trinajstić information content (AvgIpc) is 2.75. The number of carbonyl (C=O) groups is 1. The quantitative estimate of drug-likeness (QED) is 0.718. The van der Waals surface area contributed by atoms with E-state index in [1.54, 1.807) is 7.11 Å². The van der Waals surface area contributed by atoms with Crippen LogP contribution in [0.2, 0.25) is 0 Å². The van der Waals surface area contributed by atoms with Crippen LogP contribution in [0.5, 0.6) is 5.75 Å². The van der Waals surface area contributed by atoms with Crippen molar-refractivity contribution in [2.75, 3.05) is 13.7 Å². The van der Waals surface area contributed by atoms with E-state index in [2.05, 4.69) is 27.3 Å². The van der Waals surface area contributed by atoms with Gasteiger partial charge in [-0.2, -0.15) is 0 Å². The summed E-state index contributed by atoms with van der Waals surface area (Å²) in [6.07, 6.45) is 6.27. The van der Waals surface area contributed by atoms with Gasteiger partial charge in [-0.25, -0.2) is 0 Å². The molecular weight excluding hydrogens is 374 g/mol. The number of nitrogens with zero attached hydrogens (tertiary/aromatic N) is 2. The Bertz CT molecular complexity index is 799. The van der Waals surface area contributed by atoms with E-state index in [0.717, 1.165) is 37.4 Å². The third-order valence-electron chi connectivity index (χ3n) is 5.83. The second kappa shape index (κ2) is 10.1. The summed E-state index contributed by atoms with van der Waals surface area (Å²) in [5.74, 6) is 0.949. The lowest BCUT2D eigenvalue weighted by atomic mass is 9.91. The maximum absolute atomic E-state index is 12.8. The Labute approximate surface area is 180 Å². The third-order valence-corrected chi connectivity index (χ3v) is 5.83. The summed E-state index contributed by atoms with van der Waals surface area (Å²) < 4.78 is 5.29. The van der Waals surface area contributed by atoms with E-state index in [1.807, 2.05) is 57.3 Å². The number of benzene rings is 1. The molecule has 1 aliphatic rings. The SMILES string of the molecule is COc1ccc(CN2CCCC[C@H]2C[C@@H](NC(=O)C(C)(C)C)c2ccccn2)cc1. The summed E-state index contributed by atoms with van der Waals surface area (Å²) in [4.78, 5) is 19.9. The van der Waals surface area contributed by atoms with E-state index < -0.39 is 5.41 Å². The predicted octanol–water partition coefficient (Wildman–Crippen LogP) is 4.74. The molecule has 0 aliphatic carbocycles. The van der Waals surface area contributed by atoms with Gasteiger partial charge in [-0.3, -0.25) is 14.7 Å². The Morgan fingerprint density at radius 2 is 1.97 bits per heavy atom. The summed E-state index contributed by atoms with van der Waals surface area (Å²) >= 11 is 0. The minimum Gasteiger partial charge on any atom is -0.497 e. The number of rotatable bonds is 7. The van der Waals surface area contributed by atoms with Gasteiger partial charge in [0, 0.05) is 24.2 Å². The van der Waals surface area contributed by atoms with Crippen molar-refractivity contribution in [3.8, 4) is 5.75 Å². The Hall–Kier alpha value is -2.40. The van der Waals surface area contributed by atoms with Gasteiger partial charge in [0.2, 0.25) is 5.91 Å². The molecule has 1 fully saturated rings. The highest BCUT2D eigenvalue weighted by molar-refractivity contribution is 5.81. The van der Waals surface area contributed by atoms with Gasteiger partial charge in [-0.05, 0) is 55.6 Å². The number of likely N-dealkylation sites (tertiary alicyclic amines) is 1. The fourth-order valence-electron chi connectivity index (χ4n) is 3.98. The normalized spacial score (nSPS) is 18.6. The number of aromatic nitrogens is 1. The van der Waals surface area contributed by atoms with Crippen LogP contribution in [0.25, 0.3) is 0 Å². The van der Waals surface area contributed by atoms with E-state index >= 15 is 0 Å². The minimum atomic E-state index is -0.428. The molecule has 0 spiro atoms. The Morgan fingerprint density at radius 1 is 1.20 bits per heavy atom. The first-order valence-corrected chi connectivity index (χ1v) is 11.0. The fourth-order valence-corrected chi connectivity index (χ4v) is 3.98. The molecule has 0 saturated carbocycles. The number of methoxy groups -OCH3 is 1. The van der Waals surface area contributed by atoms with Gasteiger partial charge in [0.15, 0.2) is 0 Å². The second-order valence-corrected chi connectivity index (χ2v) is 9.23. The fraction of sp³-hybridized carbons (Fsp3) is 0.520. The molecule has 1 aliphatic heterocycles. The average molecular weight is 410 g/mol. The zero-order valence-corrected chi connectivity index (χ0v) is 18.7. The number of pyridine rings is 1. The van der Waals surface area contributed by atoms with Crippen LogP contribution in [0.3, 0.4) is 0 Å². The van der Waals surface area contributed by atoms with Crippen LogP contribution in [0.4, 0.5) is 0 Å². The molecule has 0 bridgehead atoms. The Kier molecular flexibility index (Phi) is 7.48. The summed E-state index contributed by atoms with van der Waals surface area (Å²) in [7, 11) is 1.69. The van der Waals surface area contributed by atoms with Crippen molar-refractivity contribution < 1.29 is 9.53 Å². The van der Waals surface area contributed by atoms with Crippen LogP contribution in [0.1, 0.15) is 63.8 Å². The predicted molar refractivity (Wildman–Crippen MR) is 120 cm³/mol.